The third-order valence-corrected chi connectivity index (χ3v) is 3.24. The Kier molecular flexibility index (Phi) is 7.82. The second-order valence-corrected chi connectivity index (χ2v) is 6.53. The third kappa shape index (κ3) is 8.50. The van der Waals surface area contributed by atoms with Crippen molar-refractivity contribution in [2.75, 3.05) is 0 Å². The van der Waals surface area contributed by atoms with Gasteiger partial charge in [0.25, 0.3) is 0 Å². The van der Waals surface area contributed by atoms with E-state index < -0.39 is 19.8 Å². The Balaban J connectivity index is 0.000000537. The zero-order valence-corrected chi connectivity index (χ0v) is 15.8. The van der Waals surface area contributed by atoms with Crippen LogP contribution in [0, 0.1) is 0 Å². The number of benzene rings is 3. The minimum atomic E-state index is -4.64. The summed E-state index contributed by atoms with van der Waals surface area (Å²) in [5.74, 6) is -0.175. The van der Waals surface area contributed by atoms with Gasteiger partial charge in [-0.1, -0.05) is 42.5 Å². The van der Waals surface area contributed by atoms with E-state index in [1.54, 1.807) is 66.7 Å². The number of ether oxygens (including phenoxy) is 2. The van der Waals surface area contributed by atoms with Crippen molar-refractivity contribution in [1.29, 1.82) is 0 Å². The monoisotopic (exact) mass is 416 g/mol. The molecule has 0 bridgehead atoms. The van der Waals surface area contributed by atoms with Crippen molar-refractivity contribution in [3.05, 3.63) is 96.1 Å². The maximum Gasteiger partial charge on any atom is 0.466 e. The van der Waals surface area contributed by atoms with Gasteiger partial charge < -0.3 is 24.2 Å². The molecule has 0 radical (unpaired) electrons. The molecule has 3 aromatic rings. The summed E-state index contributed by atoms with van der Waals surface area (Å²) in [6.07, 6.45) is 0. The van der Waals surface area contributed by atoms with E-state index >= 15 is 0 Å². The molecule has 3 rings (SSSR count). The van der Waals surface area contributed by atoms with Crippen LogP contribution in [0.15, 0.2) is 84.9 Å². The van der Waals surface area contributed by atoms with Gasteiger partial charge in [-0.2, -0.15) is 0 Å². The molecule has 150 valence electrons. The second-order valence-electron chi connectivity index (χ2n) is 5.50. The molecule has 0 aliphatic heterocycles. The fraction of sp³-hybridized carbons (Fsp3) is 0. The lowest BCUT2D eigenvalue weighted by atomic mass is 10.1. The second kappa shape index (κ2) is 10.3. The number of hydrogen-bond donors (Lipinski definition) is 3. The van der Waals surface area contributed by atoms with Crippen LogP contribution in [-0.4, -0.2) is 26.6 Å². The Hall–Kier alpha value is -3.29. The summed E-state index contributed by atoms with van der Waals surface area (Å²) >= 11 is 0. The molecular weight excluding hydrogens is 399 g/mol. The van der Waals surface area contributed by atoms with Crippen LogP contribution in [0.4, 0.5) is 0 Å². The average Bonchev–Trinajstić information content (AvgIpc) is 2.68. The van der Waals surface area contributed by atoms with E-state index in [4.69, 9.17) is 28.7 Å². The number of carbonyl (C=O) groups excluding carboxylic acids is 2. The maximum absolute atomic E-state index is 12.2. The van der Waals surface area contributed by atoms with Gasteiger partial charge in [0.1, 0.15) is 11.5 Å². The van der Waals surface area contributed by atoms with Crippen LogP contribution in [0.25, 0.3) is 0 Å². The molecule has 29 heavy (non-hydrogen) atoms. The number of hydrogen-bond acceptors (Lipinski definition) is 5. The first-order valence-electron chi connectivity index (χ1n) is 8.15. The largest absolute Gasteiger partial charge is 0.466 e. The molecule has 0 fully saturated rings. The number of carbonyl (C=O) groups is 2. The minimum Gasteiger partial charge on any atom is -0.423 e. The van der Waals surface area contributed by atoms with Crippen LogP contribution < -0.4 is 9.47 Å². The van der Waals surface area contributed by atoms with Gasteiger partial charge in [0.15, 0.2) is 0 Å². The third-order valence-electron chi connectivity index (χ3n) is 3.24. The fourth-order valence-electron chi connectivity index (χ4n) is 2.08. The van der Waals surface area contributed by atoms with Gasteiger partial charge in [-0.25, -0.2) is 14.2 Å². The topological polar surface area (TPSA) is 130 Å². The van der Waals surface area contributed by atoms with Gasteiger partial charge in [-0.3, -0.25) is 0 Å². The molecule has 3 aromatic carbocycles. The Morgan fingerprint density at radius 3 is 1.31 bits per heavy atom. The van der Waals surface area contributed by atoms with E-state index in [-0.39, 0.29) is 11.1 Å². The Morgan fingerprint density at radius 1 is 0.621 bits per heavy atom. The molecule has 0 saturated heterocycles. The predicted octanol–water partition coefficient (Wildman–Crippen LogP) is 3.20. The standard InChI is InChI=1S/C20H14O4.H3O4P/c21-19(23-17-10-3-1-4-11-17)15-8-7-9-16(14-15)20(22)24-18-12-5-2-6-13-18;1-5(2,3)4/h1-14H;(H3,1,2,3,4). The summed E-state index contributed by atoms with van der Waals surface area (Å²) in [6, 6.07) is 23.7. The molecule has 0 spiro atoms. The molecule has 0 amide bonds. The van der Waals surface area contributed by atoms with Crippen molar-refractivity contribution >= 4 is 19.8 Å². The SMILES string of the molecule is O=C(Oc1ccccc1)c1cccc(C(=O)Oc2ccccc2)c1.O=P(O)(O)O. The molecule has 8 nitrogen and oxygen atoms in total. The summed E-state index contributed by atoms with van der Waals surface area (Å²) < 4.78 is 19.4. The highest BCUT2D eigenvalue weighted by molar-refractivity contribution is 7.45. The normalized spacial score (nSPS) is 10.3. The summed E-state index contributed by atoms with van der Waals surface area (Å²) in [6.45, 7) is 0. The van der Waals surface area contributed by atoms with E-state index in [1.807, 2.05) is 12.1 Å². The molecule has 0 aliphatic rings. The molecule has 3 N–H and O–H groups in total. The van der Waals surface area contributed by atoms with E-state index in [0.29, 0.717) is 11.5 Å². The molecule has 0 aromatic heterocycles. The molecule has 0 aliphatic carbocycles. The van der Waals surface area contributed by atoms with E-state index in [0.717, 1.165) is 0 Å². The lowest BCUT2D eigenvalue weighted by Crippen LogP contribution is -2.12. The van der Waals surface area contributed by atoms with Crippen LogP contribution in [0.5, 0.6) is 11.5 Å². The summed E-state index contributed by atoms with van der Waals surface area (Å²) in [5.41, 5.74) is 0.558. The first kappa shape index (κ1) is 22.0. The average molecular weight is 416 g/mol. The van der Waals surface area contributed by atoms with Gasteiger partial charge >= 0.3 is 19.8 Å². The lowest BCUT2D eigenvalue weighted by Gasteiger charge is -2.07. The van der Waals surface area contributed by atoms with Gasteiger partial charge in [-0.15, -0.1) is 0 Å². The molecule has 0 unspecified atom stereocenters. The van der Waals surface area contributed by atoms with Crippen molar-refractivity contribution in [3.63, 3.8) is 0 Å². The van der Waals surface area contributed by atoms with Crippen LogP contribution in [0.1, 0.15) is 20.7 Å². The summed E-state index contributed by atoms with van der Waals surface area (Å²) in [5, 5.41) is 0. The Morgan fingerprint density at radius 2 is 0.966 bits per heavy atom. The van der Waals surface area contributed by atoms with Crippen LogP contribution in [-0.2, 0) is 4.57 Å². The minimum absolute atomic E-state index is 0.279. The van der Waals surface area contributed by atoms with Crippen LogP contribution >= 0.6 is 7.82 Å². The quantitative estimate of drug-likeness (QED) is 0.336. The number of rotatable bonds is 4. The highest BCUT2D eigenvalue weighted by Crippen LogP contribution is 2.25. The highest BCUT2D eigenvalue weighted by Gasteiger charge is 2.14. The van der Waals surface area contributed by atoms with E-state index in [1.165, 1.54) is 6.07 Å². The van der Waals surface area contributed by atoms with Gasteiger partial charge in [0.05, 0.1) is 11.1 Å². The molecular formula is C20H17O8P. The fourth-order valence-corrected chi connectivity index (χ4v) is 2.08. The van der Waals surface area contributed by atoms with Crippen molar-refractivity contribution in [1.82, 2.24) is 0 Å². The molecule has 0 heterocycles. The Labute approximate surface area is 166 Å². The zero-order chi connectivity index (χ0) is 21.3. The van der Waals surface area contributed by atoms with Crippen LogP contribution in [0.3, 0.4) is 0 Å². The van der Waals surface area contributed by atoms with Crippen molar-refractivity contribution in [2.24, 2.45) is 0 Å². The van der Waals surface area contributed by atoms with Gasteiger partial charge in [-0.05, 0) is 42.5 Å². The van der Waals surface area contributed by atoms with Crippen molar-refractivity contribution in [3.8, 4) is 11.5 Å². The molecule has 0 atom stereocenters. The molecule has 0 saturated carbocycles. The number of phosphoric acid groups is 1. The highest BCUT2D eigenvalue weighted by atomic mass is 31.2. The van der Waals surface area contributed by atoms with E-state index in [9.17, 15) is 9.59 Å². The predicted molar refractivity (Wildman–Crippen MR) is 104 cm³/mol. The number of para-hydroxylation sites is 2. The summed E-state index contributed by atoms with van der Waals surface area (Å²) in [4.78, 5) is 45.9. The summed E-state index contributed by atoms with van der Waals surface area (Å²) in [7, 11) is -4.64. The van der Waals surface area contributed by atoms with Crippen molar-refractivity contribution in [2.45, 2.75) is 0 Å². The zero-order valence-electron chi connectivity index (χ0n) is 14.9. The smallest absolute Gasteiger partial charge is 0.423 e. The maximum atomic E-state index is 12.2. The van der Waals surface area contributed by atoms with E-state index in [2.05, 4.69) is 0 Å². The van der Waals surface area contributed by atoms with Crippen LogP contribution in [0.2, 0.25) is 0 Å². The van der Waals surface area contributed by atoms with Gasteiger partial charge in [0.2, 0.25) is 0 Å². The lowest BCUT2D eigenvalue weighted by molar-refractivity contribution is 0.0734. The first-order valence-corrected chi connectivity index (χ1v) is 9.72. The van der Waals surface area contributed by atoms with Gasteiger partial charge in [0, 0.05) is 0 Å². The Bertz CT molecular complexity index is 922. The molecule has 9 heteroatoms. The first-order chi connectivity index (χ1) is 13.7. The van der Waals surface area contributed by atoms with Crippen molar-refractivity contribution < 1.29 is 38.3 Å². The number of esters is 2.